The number of hydrogen-bond donors (Lipinski definition) is 0. The quantitative estimate of drug-likeness (QED) is 0.621. The fraction of sp³-hybridized carbons (Fsp3) is 0.105. The molecule has 0 aliphatic rings. The van der Waals surface area contributed by atoms with Crippen LogP contribution in [-0.2, 0) is 5.92 Å². The summed E-state index contributed by atoms with van der Waals surface area (Å²) in [5.41, 5.74) is 1.95. The number of nitrogens with zero attached hydrogens (tertiary/aromatic N) is 1. The Morgan fingerprint density at radius 3 is 2.30 bits per heavy atom. The normalized spacial score (nSPS) is 11.3. The van der Waals surface area contributed by atoms with E-state index in [1.807, 2.05) is 24.3 Å². The van der Waals surface area contributed by atoms with Crippen LogP contribution in [-0.4, -0.2) is 4.98 Å². The summed E-state index contributed by atoms with van der Waals surface area (Å²) in [6, 6.07) is 17.2. The van der Waals surface area contributed by atoms with Crippen molar-refractivity contribution >= 4 is 0 Å². The van der Waals surface area contributed by atoms with Crippen LogP contribution in [0.25, 0.3) is 11.1 Å². The van der Waals surface area contributed by atoms with Gasteiger partial charge in [-0.1, -0.05) is 30.3 Å². The van der Waals surface area contributed by atoms with Gasteiger partial charge in [-0.15, -0.1) is 0 Å². The third-order valence-electron chi connectivity index (χ3n) is 3.43. The molecular formula is C19H15F2NO. The lowest BCUT2D eigenvalue weighted by Crippen LogP contribution is -2.06. The Bertz CT molecular complexity index is 780. The second kappa shape index (κ2) is 6.16. The molecular weight excluding hydrogens is 296 g/mol. The monoisotopic (exact) mass is 311 g/mol. The molecule has 0 aliphatic carbocycles. The van der Waals surface area contributed by atoms with Crippen LogP contribution in [0, 0.1) is 0 Å². The van der Waals surface area contributed by atoms with E-state index in [2.05, 4.69) is 4.98 Å². The van der Waals surface area contributed by atoms with Crippen molar-refractivity contribution in [1.29, 1.82) is 0 Å². The van der Waals surface area contributed by atoms with Gasteiger partial charge in [-0.2, -0.15) is 0 Å². The van der Waals surface area contributed by atoms with Crippen LogP contribution in [0.5, 0.6) is 11.5 Å². The highest BCUT2D eigenvalue weighted by Crippen LogP contribution is 2.31. The van der Waals surface area contributed by atoms with E-state index in [9.17, 15) is 8.78 Å². The Balaban J connectivity index is 1.79. The summed E-state index contributed by atoms with van der Waals surface area (Å²) in [4.78, 5) is 4.08. The molecule has 0 saturated carbocycles. The summed E-state index contributed by atoms with van der Waals surface area (Å²) in [6.07, 6.45) is 3.50. The molecule has 1 heterocycles. The topological polar surface area (TPSA) is 22.1 Å². The predicted molar refractivity (Wildman–Crippen MR) is 85.8 cm³/mol. The molecule has 0 radical (unpaired) electrons. The van der Waals surface area contributed by atoms with E-state index in [4.69, 9.17) is 4.74 Å². The highest BCUT2D eigenvalue weighted by Gasteiger charge is 2.24. The van der Waals surface area contributed by atoms with E-state index < -0.39 is 5.92 Å². The van der Waals surface area contributed by atoms with Crippen molar-refractivity contribution in [3.63, 3.8) is 0 Å². The lowest BCUT2D eigenvalue weighted by Gasteiger charge is -2.12. The molecule has 0 N–H and O–H groups in total. The Kier molecular flexibility index (Phi) is 4.06. The molecule has 0 spiro atoms. The standard InChI is InChI=1S/C19H15F2NO/c1-19(20,21)16-5-2-6-18(12-16)23-17-9-7-14(8-10-17)15-4-3-11-22-13-15/h2-13H,1H3. The number of hydrogen-bond acceptors (Lipinski definition) is 2. The van der Waals surface area contributed by atoms with Crippen LogP contribution in [0.3, 0.4) is 0 Å². The molecule has 1 aromatic heterocycles. The smallest absolute Gasteiger partial charge is 0.270 e. The van der Waals surface area contributed by atoms with Gasteiger partial charge in [0, 0.05) is 24.9 Å². The summed E-state index contributed by atoms with van der Waals surface area (Å²) < 4.78 is 32.4. The van der Waals surface area contributed by atoms with Crippen molar-refractivity contribution in [3.8, 4) is 22.6 Å². The van der Waals surface area contributed by atoms with Crippen LogP contribution in [0.1, 0.15) is 12.5 Å². The van der Waals surface area contributed by atoms with Crippen LogP contribution < -0.4 is 4.74 Å². The minimum absolute atomic E-state index is 0.0676. The number of benzene rings is 2. The molecule has 0 fully saturated rings. The van der Waals surface area contributed by atoms with Gasteiger partial charge in [0.1, 0.15) is 11.5 Å². The van der Waals surface area contributed by atoms with Crippen molar-refractivity contribution in [2.75, 3.05) is 0 Å². The Labute approximate surface area is 133 Å². The predicted octanol–water partition coefficient (Wildman–Crippen LogP) is 5.65. The minimum Gasteiger partial charge on any atom is -0.457 e. The third-order valence-corrected chi connectivity index (χ3v) is 3.43. The molecule has 4 heteroatoms. The number of rotatable bonds is 4. The zero-order valence-electron chi connectivity index (χ0n) is 12.5. The molecule has 2 nitrogen and oxygen atoms in total. The lowest BCUT2D eigenvalue weighted by molar-refractivity contribution is 0.0173. The number of alkyl halides is 2. The van der Waals surface area contributed by atoms with Crippen LogP contribution in [0.2, 0.25) is 0 Å². The average Bonchev–Trinajstić information content (AvgIpc) is 2.56. The van der Waals surface area contributed by atoms with E-state index in [1.165, 1.54) is 12.1 Å². The molecule has 0 amide bonds. The molecule has 23 heavy (non-hydrogen) atoms. The van der Waals surface area contributed by atoms with E-state index in [1.54, 1.807) is 36.7 Å². The SMILES string of the molecule is CC(F)(F)c1cccc(Oc2ccc(-c3cccnc3)cc2)c1. The maximum Gasteiger partial charge on any atom is 0.270 e. The average molecular weight is 311 g/mol. The lowest BCUT2D eigenvalue weighted by atomic mass is 10.1. The largest absolute Gasteiger partial charge is 0.457 e. The van der Waals surface area contributed by atoms with Crippen molar-refractivity contribution in [2.24, 2.45) is 0 Å². The third kappa shape index (κ3) is 3.72. The van der Waals surface area contributed by atoms with Gasteiger partial charge in [0.15, 0.2) is 0 Å². The van der Waals surface area contributed by atoms with E-state index in [0.717, 1.165) is 18.1 Å². The van der Waals surface area contributed by atoms with Gasteiger partial charge in [0.05, 0.1) is 0 Å². The van der Waals surface area contributed by atoms with Gasteiger partial charge in [0.2, 0.25) is 0 Å². The van der Waals surface area contributed by atoms with Crippen LogP contribution in [0.4, 0.5) is 8.78 Å². The number of ether oxygens (including phenoxy) is 1. The first-order chi connectivity index (χ1) is 11.0. The molecule has 0 bridgehead atoms. The van der Waals surface area contributed by atoms with Crippen LogP contribution in [0.15, 0.2) is 73.1 Å². The fourth-order valence-electron chi connectivity index (χ4n) is 2.22. The maximum absolute atomic E-state index is 13.4. The molecule has 3 aromatic rings. The molecule has 0 unspecified atom stereocenters. The second-order valence-corrected chi connectivity index (χ2v) is 5.28. The Morgan fingerprint density at radius 2 is 1.65 bits per heavy atom. The van der Waals surface area contributed by atoms with Gasteiger partial charge in [-0.3, -0.25) is 4.98 Å². The van der Waals surface area contributed by atoms with Crippen molar-refractivity contribution in [3.05, 3.63) is 78.6 Å². The van der Waals surface area contributed by atoms with E-state index in [0.29, 0.717) is 11.5 Å². The molecule has 0 saturated heterocycles. The van der Waals surface area contributed by atoms with E-state index in [-0.39, 0.29) is 5.56 Å². The summed E-state index contributed by atoms with van der Waals surface area (Å²) >= 11 is 0. The minimum atomic E-state index is -2.89. The summed E-state index contributed by atoms with van der Waals surface area (Å²) in [6.45, 7) is 0.870. The number of halogens is 2. The zero-order valence-corrected chi connectivity index (χ0v) is 12.5. The number of pyridine rings is 1. The molecule has 3 rings (SSSR count). The first kappa shape index (κ1) is 15.2. The van der Waals surface area contributed by atoms with Gasteiger partial charge < -0.3 is 4.74 Å². The highest BCUT2D eigenvalue weighted by molar-refractivity contribution is 5.63. The van der Waals surface area contributed by atoms with Gasteiger partial charge in [-0.05, 0) is 41.5 Å². The van der Waals surface area contributed by atoms with Crippen LogP contribution >= 0.6 is 0 Å². The molecule has 0 aliphatic heterocycles. The first-order valence-electron chi connectivity index (χ1n) is 7.19. The summed E-state index contributed by atoms with van der Waals surface area (Å²) in [5.74, 6) is -1.91. The van der Waals surface area contributed by atoms with Crippen molar-refractivity contribution in [1.82, 2.24) is 4.98 Å². The highest BCUT2D eigenvalue weighted by atomic mass is 19.3. The summed E-state index contributed by atoms with van der Waals surface area (Å²) in [7, 11) is 0. The van der Waals surface area contributed by atoms with Gasteiger partial charge in [-0.25, -0.2) is 8.78 Å². The number of aromatic nitrogens is 1. The zero-order chi connectivity index (χ0) is 16.3. The Morgan fingerprint density at radius 1 is 0.870 bits per heavy atom. The van der Waals surface area contributed by atoms with Gasteiger partial charge in [0.25, 0.3) is 5.92 Å². The Hall–Kier alpha value is -2.75. The molecule has 116 valence electrons. The van der Waals surface area contributed by atoms with E-state index >= 15 is 0 Å². The fourth-order valence-corrected chi connectivity index (χ4v) is 2.22. The molecule has 2 aromatic carbocycles. The second-order valence-electron chi connectivity index (χ2n) is 5.28. The summed E-state index contributed by atoms with van der Waals surface area (Å²) in [5, 5.41) is 0. The molecule has 0 atom stereocenters. The van der Waals surface area contributed by atoms with Gasteiger partial charge >= 0.3 is 0 Å². The van der Waals surface area contributed by atoms with Crippen molar-refractivity contribution < 1.29 is 13.5 Å². The van der Waals surface area contributed by atoms with Crippen molar-refractivity contribution in [2.45, 2.75) is 12.8 Å². The first-order valence-corrected chi connectivity index (χ1v) is 7.19. The maximum atomic E-state index is 13.4.